The lowest BCUT2D eigenvalue weighted by Crippen LogP contribution is -2.49. The van der Waals surface area contributed by atoms with Gasteiger partial charge in [-0.05, 0) is 0 Å². The molecule has 0 aromatic carbocycles. The molecule has 0 saturated carbocycles. The highest BCUT2D eigenvalue weighted by Crippen LogP contribution is 2.60. The highest BCUT2D eigenvalue weighted by molar-refractivity contribution is 8.44. The Labute approximate surface area is 241 Å². The zero-order chi connectivity index (χ0) is 30.0. The van der Waals surface area contributed by atoms with E-state index in [4.69, 9.17) is 25.3 Å². The van der Waals surface area contributed by atoms with Crippen molar-refractivity contribution in [3.8, 4) is 0 Å². The Morgan fingerprint density at radius 1 is 1.21 bits per heavy atom. The van der Waals surface area contributed by atoms with Crippen LogP contribution in [0.25, 0.3) is 22.3 Å². The summed E-state index contributed by atoms with van der Waals surface area (Å²) in [6.45, 7) is -6.46. The van der Waals surface area contributed by atoms with E-state index in [-0.39, 0.29) is 39.8 Å². The Bertz CT molecular complexity index is 1780. The molecule has 8 N–H and O–H groups in total. The average molecular weight is 649 g/mol. The Hall–Kier alpha value is -3.02. The molecular formula is C18H22FN12O8PS2. The fraction of sp³-hybridized carbons (Fsp3) is 0.556. The quantitative estimate of drug-likeness (QED) is 0.0766. The number of H-pyrrole nitrogens is 1. The number of rotatable bonds is 8. The molecule has 2 saturated heterocycles. The number of aliphatic hydroxyl groups is 3. The van der Waals surface area contributed by atoms with Crippen LogP contribution in [-0.2, 0) is 29.9 Å². The predicted molar refractivity (Wildman–Crippen MR) is 144 cm³/mol. The number of aromatic nitrogens is 10. The minimum Gasteiger partial charge on any atom is -0.395 e. The number of hydrogen-bond donors (Lipinski definition) is 7. The van der Waals surface area contributed by atoms with Crippen LogP contribution in [0.4, 0.5) is 16.2 Å². The number of fused-ring (bicyclic) bond motifs is 2. The number of halogens is 1. The van der Waals surface area contributed by atoms with Gasteiger partial charge in [-0.25, -0.2) is 18.9 Å². The van der Waals surface area contributed by atoms with E-state index in [1.165, 1.54) is 0 Å². The summed E-state index contributed by atoms with van der Waals surface area (Å²) in [4.78, 5) is 26.2. The average Bonchev–Trinajstić information content (AvgIpc) is 3.70. The molecule has 42 heavy (non-hydrogen) atoms. The summed E-state index contributed by atoms with van der Waals surface area (Å²) in [6.07, 6.45) is -3.85. The van der Waals surface area contributed by atoms with Crippen LogP contribution in [0.1, 0.15) is 0 Å². The first-order valence-electron chi connectivity index (χ1n) is 11.9. The van der Waals surface area contributed by atoms with Crippen LogP contribution >= 0.6 is 30.8 Å². The van der Waals surface area contributed by atoms with Gasteiger partial charge >= 0.3 is 6.80 Å². The molecule has 2 aliphatic heterocycles. The number of nitrogen functional groups attached to an aromatic ring is 2. The van der Waals surface area contributed by atoms with Gasteiger partial charge in [0, 0.05) is 5.75 Å². The summed E-state index contributed by atoms with van der Waals surface area (Å²) in [7, 11) is 0. The molecule has 0 amide bonds. The molecule has 0 bridgehead atoms. The predicted octanol–water partition coefficient (Wildman–Crippen LogP) is -2.51. The number of anilines is 2. The maximum Gasteiger partial charge on any atom is 0.388 e. The van der Waals surface area contributed by atoms with Crippen molar-refractivity contribution in [1.82, 2.24) is 49.9 Å². The number of nitrogens with zero attached hydrogens (tertiary/aromatic N) is 9. The van der Waals surface area contributed by atoms with Gasteiger partial charge in [0.2, 0.25) is 11.7 Å². The van der Waals surface area contributed by atoms with Gasteiger partial charge in [0.25, 0.3) is 11.4 Å². The summed E-state index contributed by atoms with van der Waals surface area (Å²) in [5, 5.41) is 45.9. The van der Waals surface area contributed by atoms with E-state index < -0.39 is 67.3 Å². The van der Waals surface area contributed by atoms with Gasteiger partial charge in [-0.15, -0.1) is 22.0 Å². The van der Waals surface area contributed by atoms with Gasteiger partial charge in [-0.1, -0.05) is 22.7 Å². The van der Waals surface area contributed by atoms with Crippen LogP contribution in [0.3, 0.4) is 0 Å². The molecule has 2 fully saturated rings. The third-order valence-corrected chi connectivity index (χ3v) is 9.81. The Balaban J connectivity index is 1.25. The fourth-order valence-electron chi connectivity index (χ4n) is 4.67. The molecule has 4 aromatic rings. The monoisotopic (exact) mass is 648 g/mol. The second-order valence-corrected chi connectivity index (χ2v) is 13.4. The van der Waals surface area contributed by atoms with Crippen LogP contribution in [0.2, 0.25) is 0 Å². The highest BCUT2D eigenvalue weighted by Gasteiger charge is 2.57. The summed E-state index contributed by atoms with van der Waals surface area (Å²) >= 11 is 5.05. The molecule has 4 aromatic heterocycles. The number of aliphatic hydroxyl groups excluding tert-OH is 3. The third kappa shape index (κ3) is 4.51. The maximum absolute atomic E-state index is 16.0. The topological polar surface area (TPSA) is 290 Å². The highest BCUT2D eigenvalue weighted by atomic mass is 32.7. The molecule has 0 radical (unpaired) electrons. The van der Waals surface area contributed by atoms with Crippen molar-refractivity contribution >= 4 is 64.9 Å². The number of nitrogens with one attached hydrogen (secondary N) is 1. The molecule has 6 heterocycles. The van der Waals surface area contributed by atoms with Crippen LogP contribution in [0, 0.1) is 0 Å². The number of thiol groups is 1. The molecule has 7 atom stereocenters. The fourth-order valence-corrected chi connectivity index (χ4v) is 7.72. The third-order valence-electron chi connectivity index (χ3n) is 6.79. The number of ether oxygens (including phenoxy) is 1. The number of nitrogens with two attached hydrogens (primary N) is 2. The molecule has 0 aliphatic carbocycles. The second kappa shape index (κ2) is 10.3. The van der Waals surface area contributed by atoms with Crippen molar-refractivity contribution in [2.45, 2.75) is 35.1 Å². The smallest absolute Gasteiger partial charge is 0.388 e. The number of aromatic amines is 1. The van der Waals surface area contributed by atoms with E-state index in [9.17, 15) is 24.7 Å². The Morgan fingerprint density at radius 3 is 2.69 bits per heavy atom. The van der Waals surface area contributed by atoms with Gasteiger partial charge in [0.15, 0.2) is 28.1 Å². The van der Waals surface area contributed by atoms with Crippen LogP contribution in [0.5, 0.6) is 0 Å². The first kappa shape index (κ1) is 29.1. The van der Waals surface area contributed by atoms with Crippen LogP contribution in [0.15, 0.2) is 11.1 Å². The maximum atomic E-state index is 16.0. The molecule has 2 aliphatic rings. The largest absolute Gasteiger partial charge is 0.395 e. The van der Waals surface area contributed by atoms with Gasteiger partial charge in [-0.2, -0.15) is 14.3 Å². The van der Waals surface area contributed by atoms with Gasteiger partial charge < -0.3 is 31.5 Å². The van der Waals surface area contributed by atoms with E-state index in [1.54, 1.807) is 0 Å². The molecule has 24 heteroatoms. The summed E-state index contributed by atoms with van der Waals surface area (Å²) < 4.78 is 47.6. The second-order valence-electron chi connectivity index (χ2n) is 9.35. The minimum absolute atomic E-state index is 0.00743. The molecular weight excluding hydrogens is 626 g/mol. The van der Waals surface area contributed by atoms with Gasteiger partial charge in [-0.3, -0.25) is 18.8 Å². The lowest BCUT2D eigenvalue weighted by molar-refractivity contribution is -0.104. The van der Waals surface area contributed by atoms with E-state index in [1.807, 2.05) is 0 Å². The van der Waals surface area contributed by atoms with Crippen molar-refractivity contribution in [2.24, 2.45) is 0 Å². The molecule has 20 nitrogen and oxygen atoms in total. The van der Waals surface area contributed by atoms with Crippen LogP contribution < -0.4 is 17.0 Å². The summed E-state index contributed by atoms with van der Waals surface area (Å²) in [5.41, 5.74) is 8.01. The van der Waals surface area contributed by atoms with Crippen molar-refractivity contribution in [3.63, 3.8) is 0 Å². The van der Waals surface area contributed by atoms with E-state index in [0.29, 0.717) is 4.68 Å². The molecule has 226 valence electrons. The summed E-state index contributed by atoms with van der Waals surface area (Å²) in [5.74, 6) is -3.20. The minimum atomic E-state index is -4.53. The van der Waals surface area contributed by atoms with E-state index >= 15 is 4.39 Å². The normalized spacial score (nSPS) is 31.3. The van der Waals surface area contributed by atoms with Crippen molar-refractivity contribution in [3.05, 3.63) is 16.7 Å². The van der Waals surface area contributed by atoms with E-state index in [2.05, 4.69) is 52.8 Å². The zero-order valence-corrected chi connectivity index (χ0v) is 23.6. The number of alkyl halides is 1. The van der Waals surface area contributed by atoms with Crippen molar-refractivity contribution in [2.75, 3.05) is 37.0 Å². The first-order valence-corrected chi connectivity index (χ1v) is 15.7. The Morgan fingerprint density at radius 2 is 1.95 bits per heavy atom. The number of hydrogen-bond acceptors (Lipinski definition) is 18. The lowest BCUT2D eigenvalue weighted by atomic mass is 10.1. The molecule has 6 rings (SSSR count). The molecule has 1 unspecified atom stereocenters. The standard InChI is InChI=1S/C18H22FN12O8PS2/c19-17(30-13-8(26-28-30)12(20)22-5-23-13)3-37-6(10(17)33)2-38-40(36,41)39-18(4-42-7(1-32)11(18)34)31-14-9(27-29-31)15(35)25-16(21)24-14/h5-7,10-11,32-34H,1-4H2,(H,36,41)(H2,20,22,23)(H3,21,24,25,35)/t6-,7-,10-,11-,17+,18+,40?/m1/s1. The van der Waals surface area contributed by atoms with Crippen molar-refractivity contribution < 1.29 is 38.1 Å². The lowest BCUT2D eigenvalue weighted by Gasteiger charge is -2.34. The SMILES string of the molecule is Nc1nc2c(nnn2[C@]2(OP(=O)(S)OC[C@H]3OC[C@](F)(n4nnc5c(N)ncnc54)[C@@H]3O)CS[C@H](CO)[C@H]2O)c(=O)[nH]1. The zero-order valence-electron chi connectivity index (χ0n) is 21.0. The van der Waals surface area contributed by atoms with Gasteiger partial charge in [0.1, 0.15) is 31.2 Å². The molecule has 0 spiro atoms. The Kier molecular flexibility index (Phi) is 7.14. The number of thioether (sulfide) groups is 1. The van der Waals surface area contributed by atoms with Crippen LogP contribution in [-0.4, -0.2) is 114 Å². The van der Waals surface area contributed by atoms with Gasteiger partial charge in [0.05, 0.1) is 18.5 Å². The first-order chi connectivity index (χ1) is 19.9. The van der Waals surface area contributed by atoms with Crippen molar-refractivity contribution in [1.29, 1.82) is 0 Å². The van der Waals surface area contributed by atoms with E-state index in [0.717, 1.165) is 22.8 Å². The summed E-state index contributed by atoms with van der Waals surface area (Å²) in [6, 6.07) is 0.